The molecule has 19 heavy (non-hydrogen) atoms. The molecule has 1 aromatic carbocycles. The molecule has 3 nitrogen and oxygen atoms in total. The van der Waals surface area contributed by atoms with Crippen molar-refractivity contribution in [2.75, 3.05) is 19.8 Å². The van der Waals surface area contributed by atoms with Crippen LogP contribution in [0, 0.1) is 5.82 Å². The highest BCUT2D eigenvalue weighted by Crippen LogP contribution is 2.09. The summed E-state index contributed by atoms with van der Waals surface area (Å²) in [6.45, 7) is 7.75. The second-order valence-electron chi connectivity index (χ2n) is 4.45. The minimum Gasteiger partial charge on any atom is -0.352 e. The van der Waals surface area contributed by atoms with Crippen LogP contribution in [0.25, 0.3) is 0 Å². The molecule has 0 saturated heterocycles. The van der Waals surface area contributed by atoms with Crippen molar-refractivity contribution >= 4 is 0 Å². The molecule has 0 amide bonds. The van der Waals surface area contributed by atoms with Crippen LogP contribution in [-0.2, 0) is 15.9 Å². The highest BCUT2D eigenvalue weighted by atomic mass is 19.1. The van der Waals surface area contributed by atoms with Crippen LogP contribution in [0.5, 0.6) is 0 Å². The van der Waals surface area contributed by atoms with Gasteiger partial charge in [-0.25, -0.2) is 4.39 Å². The van der Waals surface area contributed by atoms with Gasteiger partial charge in [0.1, 0.15) is 5.82 Å². The van der Waals surface area contributed by atoms with Gasteiger partial charge in [-0.2, -0.15) is 0 Å². The van der Waals surface area contributed by atoms with Crippen molar-refractivity contribution in [3.8, 4) is 0 Å². The van der Waals surface area contributed by atoms with Crippen LogP contribution in [-0.4, -0.2) is 32.1 Å². The summed E-state index contributed by atoms with van der Waals surface area (Å²) in [5.41, 5.74) is 0.729. The Morgan fingerprint density at radius 2 is 1.79 bits per heavy atom. The van der Waals surface area contributed by atoms with Crippen molar-refractivity contribution < 1.29 is 13.9 Å². The molecule has 0 aliphatic rings. The first-order valence-corrected chi connectivity index (χ1v) is 6.87. The SMILES string of the molecule is CCOC(CNC(C)Cc1ccccc1F)OCC. The number of rotatable bonds is 9. The molecule has 1 unspecified atom stereocenters. The highest BCUT2D eigenvalue weighted by molar-refractivity contribution is 5.18. The standard InChI is InChI=1S/C15H24FNO2/c1-4-18-15(19-5-2)11-17-12(3)10-13-8-6-7-9-14(13)16/h6-9,12,15,17H,4-5,10-11H2,1-3H3. The van der Waals surface area contributed by atoms with Gasteiger partial charge >= 0.3 is 0 Å². The van der Waals surface area contributed by atoms with Gasteiger partial charge in [0.15, 0.2) is 6.29 Å². The fraction of sp³-hybridized carbons (Fsp3) is 0.600. The van der Waals surface area contributed by atoms with Crippen LogP contribution in [0.3, 0.4) is 0 Å². The van der Waals surface area contributed by atoms with Gasteiger partial charge in [-0.05, 0) is 38.8 Å². The summed E-state index contributed by atoms with van der Waals surface area (Å²) in [4.78, 5) is 0. The molecule has 1 atom stereocenters. The van der Waals surface area contributed by atoms with Crippen molar-refractivity contribution in [2.45, 2.75) is 39.5 Å². The van der Waals surface area contributed by atoms with E-state index in [1.165, 1.54) is 6.07 Å². The average molecular weight is 269 g/mol. The lowest BCUT2D eigenvalue weighted by Gasteiger charge is -2.20. The Balaban J connectivity index is 2.38. The largest absolute Gasteiger partial charge is 0.352 e. The summed E-state index contributed by atoms with van der Waals surface area (Å²) in [7, 11) is 0. The molecule has 0 aromatic heterocycles. The minimum atomic E-state index is -0.238. The molecular formula is C15H24FNO2. The van der Waals surface area contributed by atoms with E-state index in [1.807, 2.05) is 32.9 Å². The molecule has 1 N–H and O–H groups in total. The number of halogens is 1. The Morgan fingerprint density at radius 1 is 1.16 bits per heavy atom. The third-order valence-corrected chi connectivity index (χ3v) is 2.82. The van der Waals surface area contributed by atoms with E-state index in [0.29, 0.717) is 26.2 Å². The van der Waals surface area contributed by atoms with Gasteiger partial charge < -0.3 is 14.8 Å². The Bertz CT molecular complexity index is 354. The van der Waals surface area contributed by atoms with E-state index in [2.05, 4.69) is 5.32 Å². The number of nitrogens with one attached hydrogen (secondary N) is 1. The first-order valence-electron chi connectivity index (χ1n) is 6.87. The summed E-state index contributed by atoms with van der Waals surface area (Å²) < 4.78 is 24.4. The van der Waals surface area contributed by atoms with E-state index < -0.39 is 0 Å². The third-order valence-electron chi connectivity index (χ3n) is 2.82. The number of hydrogen-bond donors (Lipinski definition) is 1. The summed E-state index contributed by atoms with van der Waals surface area (Å²) >= 11 is 0. The van der Waals surface area contributed by atoms with Gasteiger partial charge in [0.25, 0.3) is 0 Å². The van der Waals surface area contributed by atoms with Gasteiger partial charge in [-0.3, -0.25) is 0 Å². The average Bonchev–Trinajstić information content (AvgIpc) is 2.39. The van der Waals surface area contributed by atoms with Gasteiger partial charge in [-0.1, -0.05) is 18.2 Å². The summed E-state index contributed by atoms with van der Waals surface area (Å²) in [6, 6.07) is 7.03. The number of hydrogen-bond acceptors (Lipinski definition) is 3. The predicted molar refractivity (Wildman–Crippen MR) is 74.6 cm³/mol. The zero-order valence-corrected chi connectivity index (χ0v) is 12.0. The van der Waals surface area contributed by atoms with Crippen molar-refractivity contribution in [3.63, 3.8) is 0 Å². The number of benzene rings is 1. The van der Waals surface area contributed by atoms with E-state index in [9.17, 15) is 4.39 Å². The fourth-order valence-electron chi connectivity index (χ4n) is 1.90. The van der Waals surface area contributed by atoms with Gasteiger partial charge in [-0.15, -0.1) is 0 Å². The van der Waals surface area contributed by atoms with E-state index in [4.69, 9.17) is 9.47 Å². The predicted octanol–water partition coefficient (Wildman–Crippen LogP) is 2.75. The Kier molecular flexibility index (Phi) is 7.63. The maximum atomic E-state index is 13.5. The molecule has 0 aliphatic carbocycles. The molecule has 1 rings (SSSR count). The summed E-state index contributed by atoms with van der Waals surface area (Å²) in [5, 5.41) is 3.31. The fourth-order valence-corrected chi connectivity index (χ4v) is 1.90. The van der Waals surface area contributed by atoms with Crippen LogP contribution >= 0.6 is 0 Å². The Morgan fingerprint density at radius 3 is 2.37 bits per heavy atom. The zero-order chi connectivity index (χ0) is 14.1. The maximum Gasteiger partial charge on any atom is 0.169 e. The molecule has 0 heterocycles. The van der Waals surface area contributed by atoms with E-state index >= 15 is 0 Å². The van der Waals surface area contributed by atoms with Crippen LogP contribution in [0.15, 0.2) is 24.3 Å². The van der Waals surface area contributed by atoms with Crippen LogP contribution in [0.4, 0.5) is 4.39 Å². The summed E-state index contributed by atoms with van der Waals surface area (Å²) in [5.74, 6) is -0.151. The molecule has 1 aromatic rings. The normalized spacial score (nSPS) is 12.9. The highest BCUT2D eigenvalue weighted by Gasteiger charge is 2.11. The van der Waals surface area contributed by atoms with E-state index in [1.54, 1.807) is 6.07 Å². The lowest BCUT2D eigenvalue weighted by molar-refractivity contribution is -0.133. The Hall–Kier alpha value is -0.970. The lowest BCUT2D eigenvalue weighted by atomic mass is 10.1. The van der Waals surface area contributed by atoms with E-state index in [-0.39, 0.29) is 18.1 Å². The first kappa shape index (κ1) is 16.1. The topological polar surface area (TPSA) is 30.5 Å². The smallest absolute Gasteiger partial charge is 0.169 e. The maximum absolute atomic E-state index is 13.5. The van der Waals surface area contributed by atoms with Crippen molar-refractivity contribution in [1.82, 2.24) is 5.32 Å². The molecule has 0 radical (unpaired) electrons. The van der Waals surface area contributed by atoms with Gasteiger partial charge in [0, 0.05) is 25.8 Å². The lowest BCUT2D eigenvalue weighted by Crippen LogP contribution is -2.37. The Labute approximate surface area is 115 Å². The van der Waals surface area contributed by atoms with Crippen LogP contribution in [0.2, 0.25) is 0 Å². The molecule has 0 fully saturated rings. The van der Waals surface area contributed by atoms with Crippen molar-refractivity contribution in [3.05, 3.63) is 35.6 Å². The van der Waals surface area contributed by atoms with Crippen molar-refractivity contribution in [2.24, 2.45) is 0 Å². The molecule has 0 aliphatic heterocycles. The molecule has 108 valence electrons. The van der Waals surface area contributed by atoms with Crippen molar-refractivity contribution in [1.29, 1.82) is 0 Å². The quantitative estimate of drug-likeness (QED) is 0.699. The van der Waals surface area contributed by atoms with Crippen LogP contribution in [0.1, 0.15) is 26.3 Å². The molecular weight excluding hydrogens is 245 g/mol. The second kappa shape index (κ2) is 9.02. The summed E-state index contributed by atoms with van der Waals surface area (Å²) in [6.07, 6.45) is 0.413. The zero-order valence-electron chi connectivity index (χ0n) is 12.0. The molecule has 0 bridgehead atoms. The monoisotopic (exact) mass is 269 g/mol. The minimum absolute atomic E-state index is 0.151. The first-order chi connectivity index (χ1) is 9.17. The van der Waals surface area contributed by atoms with Gasteiger partial charge in [0.05, 0.1) is 0 Å². The molecule has 0 spiro atoms. The van der Waals surface area contributed by atoms with Crippen LogP contribution < -0.4 is 5.32 Å². The number of ether oxygens (including phenoxy) is 2. The molecule has 4 heteroatoms. The third kappa shape index (κ3) is 6.14. The van der Waals surface area contributed by atoms with Gasteiger partial charge in [0.2, 0.25) is 0 Å². The molecule has 0 saturated carbocycles. The second-order valence-corrected chi connectivity index (χ2v) is 4.45. The van der Waals surface area contributed by atoms with E-state index in [0.717, 1.165) is 5.56 Å².